The van der Waals surface area contributed by atoms with Crippen LogP contribution in [-0.4, -0.2) is 19.5 Å². The van der Waals surface area contributed by atoms with Gasteiger partial charge in [0, 0.05) is 0 Å². The Balaban J connectivity index is 2.52. The minimum absolute atomic E-state index is 0.0237. The molecule has 108 valence electrons. The normalized spacial score (nSPS) is 12.6. The lowest BCUT2D eigenvalue weighted by molar-refractivity contribution is -0.136. The van der Waals surface area contributed by atoms with Crippen molar-refractivity contribution in [3.63, 3.8) is 0 Å². The van der Waals surface area contributed by atoms with Crippen molar-refractivity contribution in [3.8, 4) is 0 Å². The maximum absolute atomic E-state index is 12.6. The molecule has 4 nitrogen and oxygen atoms in total. The Morgan fingerprint density at radius 1 is 1.05 bits per heavy atom. The first-order valence-corrected chi connectivity index (χ1v) is 7.75. The van der Waals surface area contributed by atoms with E-state index in [-0.39, 0.29) is 10.5 Å². The third-order valence-corrected chi connectivity index (χ3v) is 5.10. The Morgan fingerprint density at radius 2 is 1.62 bits per heavy atom. The molecule has 0 amide bonds. The predicted molar refractivity (Wildman–Crippen MR) is 80.5 cm³/mol. The molecule has 21 heavy (non-hydrogen) atoms. The summed E-state index contributed by atoms with van der Waals surface area (Å²) < 4.78 is 25.1. The number of carbonyl (C=O) groups is 1. The highest BCUT2D eigenvalue weighted by molar-refractivity contribution is 7.92. The van der Waals surface area contributed by atoms with Gasteiger partial charge >= 0.3 is 5.97 Å². The van der Waals surface area contributed by atoms with Gasteiger partial charge in [-0.1, -0.05) is 55.1 Å². The van der Waals surface area contributed by atoms with Crippen LogP contribution in [0.2, 0.25) is 0 Å². The van der Waals surface area contributed by atoms with E-state index in [1.807, 2.05) is 0 Å². The minimum atomic E-state index is -4.01. The quantitative estimate of drug-likeness (QED) is 0.921. The van der Waals surface area contributed by atoms with Crippen LogP contribution in [0, 0.1) is 0 Å². The van der Waals surface area contributed by atoms with Crippen LogP contribution in [0.4, 0.5) is 0 Å². The fourth-order valence-corrected chi connectivity index (χ4v) is 3.58. The third kappa shape index (κ3) is 3.03. The van der Waals surface area contributed by atoms with Crippen LogP contribution in [0.15, 0.2) is 66.1 Å². The molecule has 0 saturated heterocycles. The van der Waals surface area contributed by atoms with Gasteiger partial charge in [-0.2, -0.15) is 0 Å². The lowest BCUT2D eigenvalue weighted by Crippen LogP contribution is -2.22. The lowest BCUT2D eigenvalue weighted by Gasteiger charge is -2.14. The average molecular weight is 302 g/mol. The molecule has 0 aliphatic heterocycles. The number of carboxylic acid groups (broad SMARTS) is 1. The topological polar surface area (TPSA) is 71.4 Å². The summed E-state index contributed by atoms with van der Waals surface area (Å²) in [7, 11) is -4.01. The number of sulfone groups is 1. The summed E-state index contributed by atoms with van der Waals surface area (Å²) in [6.07, 6.45) is 1.59. The Morgan fingerprint density at radius 3 is 2.10 bits per heavy atom. The van der Waals surface area contributed by atoms with Gasteiger partial charge < -0.3 is 5.11 Å². The number of benzene rings is 2. The van der Waals surface area contributed by atoms with E-state index in [4.69, 9.17) is 0 Å². The van der Waals surface area contributed by atoms with E-state index < -0.39 is 21.1 Å². The lowest BCUT2D eigenvalue weighted by atomic mass is 10.1. The van der Waals surface area contributed by atoms with E-state index in [0.717, 1.165) is 5.56 Å². The Hall–Kier alpha value is -2.40. The third-order valence-electron chi connectivity index (χ3n) is 3.08. The van der Waals surface area contributed by atoms with E-state index in [0.29, 0.717) is 0 Å². The molecule has 0 bridgehead atoms. The zero-order valence-electron chi connectivity index (χ0n) is 11.1. The number of rotatable bonds is 5. The molecule has 2 aromatic rings. The molecule has 2 rings (SSSR count). The first-order valence-electron chi connectivity index (χ1n) is 6.21. The van der Waals surface area contributed by atoms with Crippen molar-refractivity contribution in [2.45, 2.75) is 10.1 Å². The number of hydrogen-bond acceptors (Lipinski definition) is 3. The summed E-state index contributed by atoms with van der Waals surface area (Å²) in [4.78, 5) is 11.4. The molecule has 0 fully saturated rings. The van der Waals surface area contributed by atoms with Crippen molar-refractivity contribution >= 4 is 21.9 Å². The minimum Gasteiger partial charge on any atom is -0.480 e. The van der Waals surface area contributed by atoms with Gasteiger partial charge in [-0.05, 0) is 23.3 Å². The second kappa shape index (κ2) is 5.93. The van der Waals surface area contributed by atoms with Gasteiger partial charge in [0.1, 0.15) is 0 Å². The fourth-order valence-electron chi connectivity index (χ4n) is 2.01. The van der Waals surface area contributed by atoms with Crippen LogP contribution in [-0.2, 0) is 14.6 Å². The molecule has 5 heteroatoms. The Kier molecular flexibility index (Phi) is 4.23. The summed E-state index contributed by atoms with van der Waals surface area (Å²) in [5, 5.41) is 7.71. The maximum atomic E-state index is 12.6. The van der Waals surface area contributed by atoms with Crippen molar-refractivity contribution in [3.05, 3.63) is 72.3 Å². The van der Waals surface area contributed by atoms with Crippen LogP contribution in [0.1, 0.15) is 16.4 Å². The van der Waals surface area contributed by atoms with Crippen LogP contribution in [0.5, 0.6) is 0 Å². The number of carboxylic acids is 1. The van der Waals surface area contributed by atoms with E-state index in [1.54, 1.807) is 36.4 Å². The van der Waals surface area contributed by atoms with Crippen molar-refractivity contribution in [1.82, 2.24) is 0 Å². The first kappa shape index (κ1) is 15.0. The van der Waals surface area contributed by atoms with E-state index in [1.165, 1.54) is 24.3 Å². The summed E-state index contributed by atoms with van der Waals surface area (Å²) in [5.41, 5.74) is 0.998. The molecule has 0 saturated carbocycles. The monoisotopic (exact) mass is 302 g/mol. The van der Waals surface area contributed by atoms with Gasteiger partial charge in [0.05, 0.1) is 4.90 Å². The molecule has 1 atom stereocenters. The average Bonchev–Trinajstić information content (AvgIpc) is 2.48. The second-order valence-electron chi connectivity index (χ2n) is 4.45. The molecule has 0 aliphatic carbocycles. The van der Waals surface area contributed by atoms with E-state index in [9.17, 15) is 18.3 Å². The Bertz CT molecular complexity index is 747. The van der Waals surface area contributed by atoms with Gasteiger partial charge in [0.2, 0.25) is 0 Å². The van der Waals surface area contributed by atoms with Crippen molar-refractivity contribution in [1.29, 1.82) is 0 Å². The molecule has 1 unspecified atom stereocenters. The van der Waals surface area contributed by atoms with Crippen molar-refractivity contribution in [2.75, 3.05) is 0 Å². The molecular formula is C16H14O4S. The highest BCUT2D eigenvalue weighted by Crippen LogP contribution is 2.29. The predicted octanol–water partition coefficient (Wildman–Crippen LogP) is 2.93. The standard InChI is InChI=1S/C16H14O4S/c1-2-12-8-10-14(11-9-12)21(19,20)15(16(17)18)13-6-4-3-5-7-13/h2-11,15H,1H2,(H,17,18). The highest BCUT2D eigenvalue weighted by Gasteiger charge is 2.35. The Labute approximate surface area is 123 Å². The maximum Gasteiger partial charge on any atom is 0.326 e. The number of aliphatic carboxylic acids is 1. The van der Waals surface area contributed by atoms with Gasteiger partial charge in [-0.25, -0.2) is 8.42 Å². The van der Waals surface area contributed by atoms with Crippen LogP contribution in [0.3, 0.4) is 0 Å². The fraction of sp³-hybridized carbons (Fsp3) is 0.0625. The van der Waals surface area contributed by atoms with Gasteiger partial charge in [-0.15, -0.1) is 0 Å². The van der Waals surface area contributed by atoms with Gasteiger partial charge in [0.15, 0.2) is 15.1 Å². The molecule has 1 N–H and O–H groups in total. The largest absolute Gasteiger partial charge is 0.480 e. The smallest absolute Gasteiger partial charge is 0.326 e. The van der Waals surface area contributed by atoms with E-state index in [2.05, 4.69) is 6.58 Å². The molecule has 0 heterocycles. The van der Waals surface area contributed by atoms with Gasteiger partial charge in [0.25, 0.3) is 0 Å². The molecule has 0 aromatic heterocycles. The van der Waals surface area contributed by atoms with Crippen LogP contribution < -0.4 is 0 Å². The molecular weight excluding hydrogens is 288 g/mol. The van der Waals surface area contributed by atoms with Crippen LogP contribution >= 0.6 is 0 Å². The summed E-state index contributed by atoms with van der Waals surface area (Å²) in [6, 6.07) is 13.9. The van der Waals surface area contributed by atoms with Crippen molar-refractivity contribution in [2.24, 2.45) is 0 Å². The summed E-state index contributed by atoms with van der Waals surface area (Å²) in [6.45, 7) is 3.59. The van der Waals surface area contributed by atoms with E-state index >= 15 is 0 Å². The molecule has 2 aromatic carbocycles. The zero-order chi connectivity index (χ0) is 15.5. The SMILES string of the molecule is C=Cc1ccc(S(=O)(=O)C(C(=O)O)c2ccccc2)cc1. The number of hydrogen-bond donors (Lipinski definition) is 1. The first-order chi connectivity index (χ1) is 9.96. The summed E-state index contributed by atoms with van der Waals surface area (Å²) >= 11 is 0. The van der Waals surface area contributed by atoms with Crippen LogP contribution in [0.25, 0.3) is 6.08 Å². The zero-order valence-corrected chi connectivity index (χ0v) is 12.0. The second-order valence-corrected chi connectivity index (χ2v) is 6.48. The molecule has 0 spiro atoms. The van der Waals surface area contributed by atoms with Gasteiger partial charge in [-0.3, -0.25) is 4.79 Å². The molecule has 0 aliphatic rings. The molecule has 0 radical (unpaired) electrons. The highest BCUT2D eigenvalue weighted by atomic mass is 32.2. The summed E-state index contributed by atoms with van der Waals surface area (Å²) in [5.74, 6) is -1.39. The van der Waals surface area contributed by atoms with Crippen molar-refractivity contribution < 1.29 is 18.3 Å².